The molecule has 134 valence electrons. The van der Waals surface area contributed by atoms with Crippen LogP contribution in [0.15, 0.2) is 48.5 Å². The highest BCUT2D eigenvalue weighted by Gasteiger charge is 2.35. The lowest BCUT2D eigenvalue weighted by molar-refractivity contribution is -0.122. The molecule has 1 aliphatic heterocycles. The van der Waals surface area contributed by atoms with Crippen molar-refractivity contribution >= 4 is 46.4 Å². The molecule has 0 unspecified atom stereocenters. The minimum absolute atomic E-state index is 0.112. The standard InChI is InChI=1S/C19H18ClN3O3/c1-12(24)21-15-5-3-6-16(10-15)22-19(26)13-8-18(25)23(11-13)17-7-2-4-14(20)9-17/h2-7,9-10,13H,8,11H2,1H3,(H,21,24)(H,22,26)/t13-/m0/s1. The molecule has 2 aromatic rings. The van der Waals surface area contributed by atoms with Crippen LogP contribution in [0.4, 0.5) is 17.1 Å². The zero-order valence-electron chi connectivity index (χ0n) is 14.2. The summed E-state index contributed by atoms with van der Waals surface area (Å²) in [7, 11) is 0. The van der Waals surface area contributed by atoms with E-state index < -0.39 is 5.92 Å². The van der Waals surface area contributed by atoms with Crippen molar-refractivity contribution < 1.29 is 14.4 Å². The van der Waals surface area contributed by atoms with Gasteiger partial charge in [-0.3, -0.25) is 14.4 Å². The van der Waals surface area contributed by atoms with Gasteiger partial charge >= 0.3 is 0 Å². The van der Waals surface area contributed by atoms with Gasteiger partial charge in [0, 0.05) is 42.0 Å². The van der Waals surface area contributed by atoms with Crippen LogP contribution in [0.3, 0.4) is 0 Å². The molecule has 1 fully saturated rings. The fraction of sp³-hybridized carbons (Fsp3) is 0.211. The van der Waals surface area contributed by atoms with Crippen LogP contribution in [-0.4, -0.2) is 24.3 Å². The summed E-state index contributed by atoms with van der Waals surface area (Å²) in [5, 5.41) is 6.01. The van der Waals surface area contributed by atoms with E-state index in [4.69, 9.17) is 11.6 Å². The van der Waals surface area contributed by atoms with Gasteiger partial charge in [0.25, 0.3) is 0 Å². The van der Waals surface area contributed by atoms with Crippen LogP contribution in [0.25, 0.3) is 0 Å². The predicted molar refractivity (Wildman–Crippen MR) is 101 cm³/mol. The molecule has 3 rings (SSSR count). The molecule has 2 N–H and O–H groups in total. The number of halogens is 1. The summed E-state index contributed by atoms with van der Waals surface area (Å²) in [5.74, 6) is -0.986. The van der Waals surface area contributed by atoms with Crippen molar-refractivity contribution in [2.24, 2.45) is 5.92 Å². The lowest BCUT2D eigenvalue weighted by Crippen LogP contribution is -2.28. The Morgan fingerprint density at radius 1 is 1.08 bits per heavy atom. The quantitative estimate of drug-likeness (QED) is 0.865. The predicted octanol–water partition coefficient (Wildman–Crippen LogP) is 3.29. The topological polar surface area (TPSA) is 78.5 Å². The van der Waals surface area contributed by atoms with Crippen molar-refractivity contribution in [1.82, 2.24) is 0 Å². The zero-order chi connectivity index (χ0) is 18.7. The van der Waals surface area contributed by atoms with Crippen LogP contribution < -0.4 is 15.5 Å². The highest BCUT2D eigenvalue weighted by atomic mass is 35.5. The number of carbonyl (C=O) groups is 3. The smallest absolute Gasteiger partial charge is 0.229 e. The van der Waals surface area contributed by atoms with Gasteiger partial charge in [-0.1, -0.05) is 23.7 Å². The fourth-order valence-electron chi connectivity index (χ4n) is 2.90. The van der Waals surface area contributed by atoms with Gasteiger partial charge in [0.05, 0.1) is 5.92 Å². The monoisotopic (exact) mass is 371 g/mol. The summed E-state index contributed by atoms with van der Waals surface area (Å²) in [5.41, 5.74) is 1.85. The number of carbonyl (C=O) groups excluding carboxylic acids is 3. The van der Waals surface area contributed by atoms with Crippen LogP contribution in [0, 0.1) is 5.92 Å². The van der Waals surface area contributed by atoms with E-state index in [1.807, 2.05) is 0 Å². The summed E-state index contributed by atoms with van der Waals surface area (Å²) < 4.78 is 0. The van der Waals surface area contributed by atoms with Gasteiger partial charge in [0.1, 0.15) is 0 Å². The fourth-order valence-corrected chi connectivity index (χ4v) is 3.08. The van der Waals surface area contributed by atoms with Crippen molar-refractivity contribution in [1.29, 1.82) is 0 Å². The molecular formula is C19H18ClN3O3. The molecule has 7 heteroatoms. The molecule has 26 heavy (non-hydrogen) atoms. The van der Waals surface area contributed by atoms with E-state index in [9.17, 15) is 14.4 Å². The van der Waals surface area contributed by atoms with E-state index in [1.54, 1.807) is 53.4 Å². The number of nitrogens with one attached hydrogen (secondary N) is 2. The Morgan fingerprint density at radius 3 is 2.46 bits per heavy atom. The van der Waals surface area contributed by atoms with Crippen LogP contribution in [0.5, 0.6) is 0 Å². The minimum atomic E-state index is -0.453. The number of amides is 3. The highest BCUT2D eigenvalue weighted by Crippen LogP contribution is 2.28. The van der Waals surface area contributed by atoms with E-state index in [2.05, 4.69) is 10.6 Å². The average molecular weight is 372 g/mol. The van der Waals surface area contributed by atoms with Crippen LogP contribution in [0.1, 0.15) is 13.3 Å². The first-order chi connectivity index (χ1) is 12.4. The molecule has 2 aromatic carbocycles. The van der Waals surface area contributed by atoms with Gasteiger partial charge in [0.2, 0.25) is 17.7 Å². The van der Waals surface area contributed by atoms with Gasteiger partial charge in [0.15, 0.2) is 0 Å². The highest BCUT2D eigenvalue weighted by molar-refractivity contribution is 6.31. The van der Waals surface area contributed by atoms with Gasteiger partial charge < -0.3 is 15.5 Å². The molecule has 1 heterocycles. The number of rotatable bonds is 4. The second-order valence-corrected chi connectivity index (χ2v) is 6.57. The zero-order valence-corrected chi connectivity index (χ0v) is 14.9. The Balaban J connectivity index is 1.68. The maximum Gasteiger partial charge on any atom is 0.229 e. The molecule has 1 aliphatic rings. The number of benzene rings is 2. The van der Waals surface area contributed by atoms with Crippen molar-refractivity contribution in [3.05, 3.63) is 53.6 Å². The lowest BCUT2D eigenvalue weighted by Gasteiger charge is -2.17. The second kappa shape index (κ2) is 7.58. The van der Waals surface area contributed by atoms with E-state index in [-0.39, 0.29) is 24.1 Å². The first-order valence-corrected chi connectivity index (χ1v) is 8.54. The van der Waals surface area contributed by atoms with Gasteiger partial charge in [-0.15, -0.1) is 0 Å². The molecule has 1 atom stereocenters. The molecule has 0 aliphatic carbocycles. The number of hydrogen-bond donors (Lipinski definition) is 2. The first kappa shape index (κ1) is 17.9. The molecule has 0 radical (unpaired) electrons. The average Bonchev–Trinajstić information content (AvgIpc) is 2.96. The van der Waals surface area contributed by atoms with Crippen LogP contribution in [-0.2, 0) is 14.4 Å². The number of hydrogen-bond acceptors (Lipinski definition) is 3. The molecular weight excluding hydrogens is 354 g/mol. The summed E-state index contributed by atoms with van der Waals surface area (Å²) in [6.07, 6.45) is 0.143. The molecule has 0 spiro atoms. The van der Waals surface area contributed by atoms with E-state index >= 15 is 0 Å². The van der Waals surface area contributed by atoms with E-state index in [0.717, 1.165) is 0 Å². The van der Waals surface area contributed by atoms with Gasteiger partial charge in [-0.05, 0) is 36.4 Å². The Hall–Kier alpha value is -2.86. The summed E-state index contributed by atoms with van der Waals surface area (Å²) in [6, 6.07) is 13.9. The third-order valence-corrected chi connectivity index (χ3v) is 4.30. The van der Waals surface area contributed by atoms with Gasteiger partial charge in [-0.2, -0.15) is 0 Å². The van der Waals surface area contributed by atoms with Gasteiger partial charge in [-0.25, -0.2) is 0 Å². The SMILES string of the molecule is CC(=O)Nc1cccc(NC(=O)[C@H]2CC(=O)N(c3cccc(Cl)c3)C2)c1. The second-order valence-electron chi connectivity index (χ2n) is 6.14. The van der Waals surface area contributed by atoms with Crippen molar-refractivity contribution in [3.8, 4) is 0 Å². The minimum Gasteiger partial charge on any atom is -0.326 e. The molecule has 6 nitrogen and oxygen atoms in total. The maximum atomic E-state index is 12.5. The third-order valence-electron chi connectivity index (χ3n) is 4.07. The van der Waals surface area contributed by atoms with Crippen LogP contribution in [0.2, 0.25) is 5.02 Å². The maximum absolute atomic E-state index is 12.5. The summed E-state index contributed by atoms with van der Waals surface area (Å²) >= 11 is 5.98. The van der Waals surface area contributed by atoms with Crippen molar-refractivity contribution in [2.45, 2.75) is 13.3 Å². The van der Waals surface area contributed by atoms with Crippen molar-refractivity contribution in [3.63, 3.8) is 0 Å². The molecule has 3 amide bonds. The first-order valence-electron chi connectivity index (χ1n) is 8.17. The molecule has 1 saturated heterocycles. The largest absolute Gasteiger partial charge is 0.326 e. The normalized spacial score (nSPS) is 16.5. The van der Waals surface area contributed by atoms with Crippen molar-refractivity contribution in [2.75, 3.05) is 22.1 Å². The Labute approximate surface area is 156 Å². The number of nitrogens with zero attached hydrogens (tertiary/aromatic N) is 1. The Kier molecular flexibility index (Phi) is 5.23. The van der Waals surface area contributed by atoms with Crippen LogP contribution >= 0.6 is 11.6 Å². The number of anilines is 3. The molecule has 0 bridgehead atoms. The molecule has 0 aromatic heterocycles. The third kappa shape index (κ3) is 4.21. The molecule has 0 saturated carbocycles. The lowest BCUT2D eigenvalue weighted by atomic mass is 10.1. The summed E-state index contributed by atoms with van der Waals surface area (Å²) in [6.45, 7) is 1.72. The Bertz CT molecular complexity index is 869. The summed E-state index contributed by atoms with van der Waals surface area (Å²) in [4.78, 5) is 37.5. The van der Waals surface area contributed by atoms with E-state index in [1.165, 1.54) is 6.92 Å². The van der Waals surface area contributed by atoms with E-state index in [0.29, 0.717) is 28.6 Å². The Morgan fingerprint density at radius 2 is 1.77 bits per heavy atom.